The van der Waals surface area contributed by atoms with E-state index in [4.69, 9.17) is 10.5 Å². The lowest BCUT2D eigenvalue weighted by Gasteiger charge is -2.31. The second kappa shape index (κ2) is 5.28. The molecule has 3 nitrogen and oxygen atoms in total. The van der Waals surface area contributed by atoms with Crippen LogP contribution in [0, 0.1) is 11.8 Å². The van der Waals surface area contributed by atoms with Crippen LogP contribution in [-0.4, -0.2) is 43.8 Å². The number of nitrogens with two attached hydrogens (primary N) is 1. The van der Waals surface area contributed by atoms with Gasteiger partial charge in [0.2, 0.25) is 0 Å². The maximum atomic E-state index is 6.12. The molecular weight excluding hydrogens is 188 g/mol. The summed E-state index contributed by atoms with van der Waals surface area (Å²) in [6, 6.07) is 0.361. The van der Waals surface area contributed by atoms with Crippen molar-refractivity contribution in [2.75, 3.05) is 32.8 Å². The highest BCUT2D eigenvalue weighted by molar-refractivity contribution is 4.82. The molecule has 0 aromatic heterocycles. The Morgan fingerprint density at radius 1 is 1.40 bits per heavy atom. The van der Waals surface area contributed by atoms with Gasteiger partial charge in [0.25, 0.3) is 0 Å². The van der Waals surface area contributed by atoms with Gasteiger partial charge >= 0.3 is 0 Å². The molecule has 15 heavy (non-hydrogen) atoms. The Bertz CT molecular complexity index is 198. The quantitative estimate of drug-likeness (QED) is 0.761. The van der Waals surface area contributed by atoms with Gasteiger partial charge < -0.3 is 15.4 Å². The van der Waals surface area contributed by atoms with Crippen LogP contribution in [0.1, 0.15) is 26.2 Å². The first-order valence-corrected chi connectivity index (χ1v) is 6.35. The Morgan fingerprint density at radius 3 is 2.93 bits per heavy atom. The molecule has 2 heterocycles. The highest BCUT2D eigenvalue weighted by Gasteiger charge is 2.28. The molecule has 2 N–H and O–H groups in total. The van der Waals surface area contributed by atoms with E-state index in [0.29, 0.717) is 12.0 Å². The van der Waals surface area contributed by atoms with Gasteiger partial charge in [0.05, 0.1) is 6.61 Å². The van der Waals surface area contributed by atoms with Crippen LogP contribution in [-0.2, 0) is 4.74 Å². The van der Waals surface area contributed by atoms with E-state index in [9.17, 15) is 0 Å². The Morgan fingerprint density at radius 2 is 2.27 bits per heavy atom. The van der Waals surface area contributed by atoms with Gasteiger partial charge in [0.1, 0.15) is 0 Å². The third-order valence-corrected chi connectivity index (χ3v) is 3.97. The van der Waals surface area contributed by atoms with Crippen molar-refractivity contribution in [3.8, 4) is 0 Å². The fourth-order valence-corrected chi connectivity index (χ4v) is 2.75. The number of ether oxygens (including phenoxy) is 1. The summed E-state index contributed by atoms with van der Waals surface area (Å²) < 4.78 is 5.51. The average Bonchev–Trinajstić information content (AvgIpc) is 2.69. The highest BCUT2D eigenvalue weighted by Crippen LogP contribution is 2.22. The van der Waals surface area contributed by atoms with Crippen molar-refractivity contribution in [1.82, 2.24) is 4.90 Å². The van der Waals surface area contributed by atoms with Gasteiger partial charge in [-0.3, -0.25) is 0 Å². The van der Waals surface area contributed by atoms with E-state index in [0.717, 1.165) is 32.1 Å². The van der Waals surface area contributed by atoms with Gasteiger partial charge in [-0.25, -0.2) is 0 Å². The first kappa shape index (κ1) is 11.4. The van der Waals surface area contributed by atoms with Gasteiger partial charge in [-0.1, -0.05) is 13.3 Å². The molecule has 2 aliphatic rings. The minimum absolute atomic E-state index is 0.361. The number of hydrogen-bond acceptors (Lipinski definition) is 3. The standard InChI is InChI=1S/C12H24N2O/c1-2-10-3-5-14(7-10)8-11-9-15-6-4-12(11)13/h10-12H,2-9,13H2,1H3. The number of nitrogens with zero attached hydrogens (tertiary/aromatic N) is 1. The number of rotatable bonds is 3. The maximum absolute atomic E-state index is 6.12. The zero-order valence-electron chi connectivity index (χ0n) is 9.82. The lowest BCUT2D eigenvalue weighted by Crippen LogP contribution is -2.44. The minimum atomic E-state index is 0.361. The molecule has 0 aromatic carbocycles. The third kappa shape index (κ3) is 2.92. The lowest BCUT2D eigenvalue weighted by atomic mass is 9.96. The number of likely N-dealkylation sites (tertiary alicyclic amines) is 1. The molecule has 3 unspecified atom stereocenters. The molecule has 0 spiro atoms. The van der Waals surface area contributed by atoms with Gasteiger partial charge in [-0.05, 0) is 25.3 Å². The van der Waals surface area contributed by atoms with Gasteiger partial charge in [-0.15, -0.1) is 0 Å². The molecule has 0 saturated carbocycles. The molecule has 0 aliphatic carbocycles. The zero-order valence-corrected chi connectivity index (χ0v) is 9.82. The smallest absolute Gasteiger partial charge is 0.0521 e. The molecule has 0 amide bonds. The predicted molar refractivity (Wildman–Crippen MR) is 61.7 cm³/mol. The van der Waals surface area contributed by atoms with Crippen LogP contribution in [0.25, 0.3) is 0 Å². The van der Waals surface area contributed by atoms with Crippen LogP contribution in [0.3, 0.4) is 0 Å². The Hall–Kier alpha value is -0.120. The van der Waals surface area contributed by atoms with Crippen molar-refractivity contribution in [1.29, 1.82) is 0 Å². The van der Waals surface area contributed by atoms with E-state index in [-0.39, 0.29) is 0 Å². The van der Waals surface area contributed by atoms with E-state index >= 15 is 0 Å². The van der Waals surface area contributed by atoms with Crippen LogP contribution in [0.5, 0.6) is 0 Å². The lowest BCUT2D eigenvalue weighted by molar-refractivity contribution is 0.0287. The van der Waals surface area contributed by atoms with Crippen molar-refractivity contribution in [2.45, 2.75) is 32.2 Å². The Balaban J connectivity index is 1.76. The maximum Gasteiger partial charge on any atom is 0.0521 e. The molecule has 2 saturated heterocycles. The molecule has 0 radical (unpaired) electrons. The van der Waals surface area contributed by atoms with Crippen LogP contribution >= 0.6 is 0 Å². The van der Waals surface area contributed by atoms with Crippen molar-refractivity contribution in [3.05, 3.63) is 0 Å². The van der Waals surface area contributed by atoms with Gasteiger partial charge in [0, 0.05) is 31.7 Å². The van der Waals surface area contributed by atoms with Crippen molar-refractivity contribution < 1.29 is 4.74 Å². The molecule has 88 valence electrons. The Kier molecular flexibility index (Phi) is 4.00. The average molecular weight is 212 g/mol. The zero-order chi connectivity index (χ0) is 10.7. The van der Waals surface area contributed by atoms with E-state index in [2.05, 4.69) is 11.8 Å². The molecule has 3 atom stereocenters. The summed E-state index contributed by atoms with van der Waals surface area (Å²) in [4.78, 5) is 2.58. The van der Waals surface area contributed by atoms with Gasteiger partial charge in [-0.2, -0.15) is 0 Å². The monoisotopic (exact) mass is 212 g/mol. The molecule has 2 aliphatic heterocycles. The molecule has 3 heteroatoms. The summed E-state index contributed by atoms with van der Waals surface area (Å²) >= 11 is 0. The summed E-state index contributed by atoms with van der Waals surface area (Å²) in [7, 11) is 0. The van der Waals surface area contributed by atoms with Crippen LogP contribution in [0.15, 0.2) is 0 Å². The van der Waals surface area contributed by atoms with Crippen LogP contribution in [0.2, 0.25) is 0 Å². The summed E-state index contributed by atoms with van der Waals surface area (Å²) in [6.45, 7) is 7.71. The Labute approximate surface area is 93.0 Å². The van der Waals surface area contributed by atoms with E-state index in [1.165, 1.54) is 25.9 Å². The van der Waals surface area contributed by atoms with Crippen molar-refractivity contribution in [3.63, 3.8) is 0 Å². The largest absolute Gasteiger partial charge is 0.381 e. The third-order valence-electron chi connectivity index (χ3n) is 3.97. The predicted octanol–water partition coefficient (Wildman–Crippen LogP) is 1.08. The van der Waals surface area contributed by atoms with Crippen LogP contribution < -0.4 is 5.73 Å². The van der Waals surface area contributed by atoms with E-state index < -0.39 is 0 Å². The topological polar surface area (TPSA) is 38.5 Å². The normalized spacial score (nSPS) is 38.4. The van der Waals surface area contributed by atoms with Gasteiger partial charge in [0.15, 0.2) is 0 Å². The molecule has 2 rings (SSSR count). The summed E-state index contributed by atoms with van der Waals surface area (Å²) in [5.41, 5.74) is 6.12. The SMILES string of the molecule is CCC1CCN(CC2COCCC2N)C1. The van der Waals surface area contributed by atoms with E-state index in [1.54, 1.807) is 0 Å². The van der Waals surface area contributed by atoms with Crippen molar-refractivity contribution in [2.24, 2.45) is 17.6 Å². The summed E-state index contributed by atoms with van der Waals surface area (Å²) in [5.74, 6) is 1.49. The summed E-state index contributed by atoms with van der Waals surface area (Å²) in [5, 5.41) is 0. The second-order valence-corrected chi connectivity index (χ2v) is 5.11. The second-order valence-electron chi connectivity index (χ2n) is 5.11. The fraction of sp³-hybridized carbons (Fsp3) is 1.00. The fourth-order valence-electron chi connectivity index (χ4n) is 2.75. The van der Waals surface area contributed by atoms with Crippen molar-refractivity contribution >= 4 is 0 Å². The molecular formula is C12H24N2O. The first-order chi connectivity index (χ1) is 7.29. The number of hydrogen-bond donors (Lipinski definition) is 1. The van der Waals surface area contributed by atoms with E-state index in [1.807, 2.05) is 0 Å². The van der Waals surface area contributed by atoms with Crippen LogP contribution in [0.4, 0.5) is 0 Å². The first-order valence-electron chi connectivity index (χ1n) is 6.35. The molecule has 2 fully saturated rings. The minimum Gasteiger partial charge on any atom is -0.381 e. The summed E-state index contributed by atoms with van der Waals surface area (Å²) in [6.07, 6.45) is 3.73. The molecule has 0 aromatic rings. The molecule has 0 bridgehead atoms. The highest BCUT2D eigenvalue weighted by atomic mass is 16.5.